The lowest BCUT2D eigenvalue weighted by Gasteiger charge is -2.36. The van der Waals surface area contributed by atoms with Crippen molar-refractivity contribution in [3.05, 3.63) is 59.7 Å². The van der Waals surface area contributed by atoms with Gasteiger partial charge in [-0.25, -0.2) is 0 Å². The Balaban J connectivity index is 0.00000420. The van der Waals surface area contributed by atoms with E-state index >= 15 is 0 Å². The van der Waals surface area contributed by atoms with Gasteiger partial charge in [-0.15, -0.1) is 12.4 Å². The molecule has 0 aromatic heterocycles. The molecule has 0 radical (unpaired) electrons. The highest BCUT2D eigenvalue weighted by molar-refractivity contribution is 5.85. The second kappa shape index (κ2) is 13.5. The molecule has 0 aliphatic carbocycles. The summed E-state index contributed by atoms with van der Waals surface area (Å²) < 4.78 is 6.24. The van der Waals surface area contributed by atoms with Gasteiger partial charge in [0.25, 0.3) is 5.91 Å². The Morgan fingerprint density at radius 3 is 2.44 bits per heavy atom. The molecule has 1 unspecified atom stereocenters. The third-order valence-electron chi connectivity index (χ3n) is 7.69. The van der Waals surface area contributed by atoms with E-state index in [4.69, 9.17) is 4.74 Å². The first kappa shape index (κ1) is 30.8. The Morgan fingerprint density at radius 2 is 1.77 bits per heavy atom. The number of rotatable bonds is 8. The van der Waals surface area contributed by atoms with Crippen LogP contribution >= 0.6 is 12.4 Å². The predicted octanol–water partition coefficient (Wildman–Crippen LogP) is 4.70. The molecule has 8 heteroatoms. The number of carbonyl (C=O) groups excluding carboxylic acids is 2. The molecule has 2 aliphatic rings. The number of halogens is 1. The average molecular weight is 557 g/mol. The summed E-state index contributed by atoms with van der Waals surface area (Å²) in [7, 11) is 1.91. The number of amides is 2. The standard InChI is InChI=1S/C31H44N4O3.ClH/c1-23(2)25-13-11-24(12-14-25)21-33(5)29(36)26-8-7-17-35(22-26)27-9-6-10-28(20-27)38-31(3,4)30(37)34-18-15-32-16-19-34;/h6,9-14,20,23,26,32H,7-8,15-19,21-22H2,1-5H3;1H. The van der Waals surface area contributed by atoms with Gasteiger partial charge in [0.2, 0.25) is 5.91 Å². The lowest BCUT2D eigenvalue weighted by Crippen LogP contribution is -2.54. The largest absolute Gasteiger partial charge is 0.478 e. The molecule has 2 aromatic carbocycles. The van der Waals surface area contributed by atoms with Gasteiger partial charge >= 0.3 is 0 Å². The van der Waals surface area contributed by atoms with Crippen molar-refractivity contribution in [3.63, 3.8) is 0 Å². The Bertz CT molecular complexity index is 1100. The van der Waals surface area contributed by atoms with E-state index in [0.29, 0.717) is 37.8 Å². The first-order chi connectivity index (χ1) is 18.1. The highest BCUT2D eigenvalue weighted by Gasteiger charge is 2.35. The van der Waals surface area contributed by atoms with Crippen molar-refractivity contribution in [1.82, 2.24) is 15.1 Å². The number of anilines is 1. The second-order valence-electron chi connectivity index (χ2n) is 11.5. The Labute approximate surface area is 240 Å². The van der Waals surface area contributed by atoms with Crippen molar-refractivity contribution in [2.75, 3.05) is 51.2 Å². The summed E-state index contributed by atoms with van der Waals surface area (Å²) in [5, 5.41) is 3.28. The maximum atomic E-state index is 13.4. The second-order valence-corrected chi connectivity index (χ2v) is 11.5. The van der Waals surface area contributed by atoms with Crippen molar-refractivity contribution in [1.29, 1.82) is 0 Å². The molecule has 2 amide bonds. The van der Waals surface area contributed by atoms with Crippen molar-refractivity contribution in [2.45, 2.75) is 58.6 Å². The number of carbonyl (C=O) groups is 2. The van der Waals surface area contributed by atoms with Gasteiger partial charge < -0.3 is 24.8 Å². The molecule has 7 nitrogen and oxygen atoms in total. The van der Waals surface area contributed by atoms with Crippen molar-refractivity contribution in [3.8, 4) is 5.75 Å². The lowest BCUT2D eigenvalue weighted by atomic mass is 9.95. The molecule has 39 heavy (non-hydrogen) atoms. The normalized spacial score (nSPS) is 17.9. The molecule has 1 atom stereocenters. The van der Waals surface area contributed by atoms with Crippen LogP contribution in [-0.2, 0) is 16.1 Å². The van der Waals surface area contributed by atoms with Crippen LogP contribution in [0.25, 0.3) is 0 Å². The molecule has 2 heterocycles. The zero-order valence-corrected chi connectivity index (χ0v) is 24.9. The summed E-state index contributed by atoms with van der Waals surface area (Å²) >= 11 is 0. The molecule has 0 spiro atoms. The molecule has 1 N–H and O–H groups in total. The van der Waals surface area contributed by atoms with Gasteiger partial charge in [-0.1, -0.05) is 44.2 Å². The summed E-state index contributed by atoms with van der Waals surface area (Å²) in [6.45, 7) is 13.3. The zero-order chi connectivity index (χ0) is 27.3. The van der Waals surface area contributed by atoms with Crippen LogP contribution in [0, 0.1) is 5.92 Å². The minimum atomic E-state index is -0.952. The molecule has 0 bridgehead atoms. The summed E-state index contributed by atoms with van der Waals surface area (Å²) in [5.41, 5.74) is 2.54. The maximum absolute atomic E-state index is 13.4. The Morgan fingerprint density at radius 1 is 1.08 bits per heavy atom. The topological polar surface area (TPSA) is 65.1 Å². The van der Waals surface area contributed by atoms with E-state index in [1.54, 1.807) is 0 Å². The fourth-order valence-corrected chi connectivity index (χ4v) is 5.42. The number of hydrogen-bond donors (Lipinski definition) is 1. The summed E-state index contributed by atoms with van der Waals surface area (Å²) in [6.07, 6.45) is 1.86. The number of hydrogen-bond acceptors (Lipinski definition) is 5. The van der Waals surface area contributed by atoms with E-state index in [9.17, 15) is 9.59 Å². The van der Waals surface area contributed by atoms with E-state index in [2.05, 4.69) is 54.4 Å². The third-order valence-corrected chi connectivity index (χ3v) is 7.69. The summed E-state index contributed by atoms with van der Waals surface area (Å²) in [4.78, 5) is 32.5. The van der Waals surface area contributed by atoms with E-state index in [-0.39, 0.29) is 30.1 Å². The van der Waals surface area contributed by atoms with Crippen LogP contribution in [0.1, 0.15) is 57.6 Å². The molecular weight excluding hydrogens is 512 g/mol. The van der Waals surface area contributed by atoms with E-state index in [1.807, 2.05) is 48.9 Å². The van der Waals surface area contributed by atoms with E-state index in [1.165, 1.54) is 5.56 Å². The number of nitrogens with one attached hydrogen (secondary N) is 1. The highest BCUT2D eigenvalue weighted by Crippen LogP contribution is 2.29. The van der Waals surface area contributed by atoms with Gasteiger partial charge in [-0.2, -0.15) is 0 Å². The number of benzene rings is 2. The first-order valence-electron chi connectivity index (χ1n) is 14.0. The molecule has 4 rings (SSSR count). The predicted molar refractivity (Wildman–Crippen MR) is 160 cm³/mol. The number of piperazine rings is 1. The van der Waals surface area contributed by atoms with Crippen molar-refractivity contribution < 1.29 is 14.3 Å². The molecule has 0 saturated carbocycles. The van der Waals surface area contributed by atoms with Crippen LogP contribution in [0.15, 0.2) is 48.5 Å². The zero-order valence-electron chi connectivity index (χ0n) is 24.1. The minimum Gasteiger partial charge on any atom is -0.478 e. The van der Waals surface area contributed by atoms with Crippen molar-refractivity contribution >= 4 is 29.9 Å². The van der Waals surface area contributed by atoms with E-state index in [0.717, 1.165) is 43.7 Å². The average Bonchev–Trinajstić information content (AvgIpc) is 2.93. The molecule has 214 valence electrons. The Hall–Kier alpha value is -2.77. The molecule has 2 fully saturated rings. The maximum Gasteiger partial charge on any atom is 0.266 e. The van der Waals surface area contributed by atoms with Gasteiger partial charge in [-0.3, -0.25) is 9.59 Å². The van der Waals surface area contributed by atoms with Gasteiger partial charge in [0.15, 0.2) is 5.60 Å². The molecule has 2 aliphatic heterocycles. The minimum absolute atomic E-state index is 0. The van der Waals surface area contributed by atoms with Gasteiger partial charge in [0.05, 0.1) is 5.92 Å². The summed E-state index contributed by atoms with van der Waals surface area (Å²) in [6, 6.07) is 16.5. The van der Waals surface area contributed by atoms with Gasteiger partial charge in [-0.05, 0) is 55.9 Å². The smallest absolute Gasteiger partial charge is 0.266 e. The first-order valence-corrected chi connectivity index (χ1v) is 14.0. The number of nitrogens with zero attached hydrogens (tertiary/aromatic N) is 3. The monoisotopic (exact) mass is 556 g/mol. The highest BCUT2D eigenvalue weighted by atomic mass is 35.5. The lowest BCUT2D eigenvalue weighted by molar-refractivity contribution is -0.146. The van der Waals surface area contributed by atoms with E-state index < -0.39 is 5.60 Å². The van der Waals surface area contributed by atoms with Crippen LogP contribution in [0.4, 0.5) is 5.69 Å². The third kappa shape index (κ3) is 7.89. The van der Waals surface area contributed by atoms with Crippen LogP contribution in [-0.4, -0.2) is 73.5 Å². The SMILES string of the molecule is CC(C)c1ccc(CN(C)C(=O)C2CCCN(c3cccc(OC(C)(C)C(=O)N4CCNCC4)c3)C2)cc1.Cl. The quantitative estimate of drug-likeness (QED) is 0.511. The molecule has 2 aromatic rings. The van der Waals surface area contributed by atoms with Crippen LogP contribution in [0.2, 0.25) is 0 Å². The van der Waals surface area contributed by atoms with Crippen molar-refractivity contribution in [2.24, 2.45) is 5.92 Å². The number of ether oxygens (including phenoxy) is 1. The van der Waals surface area contributed by atoms with Crippen LogP contribution in [0.3, 0.4) is 0 Å². The molecule has 2 saturated heterocycles. The fraction of sp³-hybridized carbons (Fsp3) is 0.548. The van der Waals surface area contributed by atoms with Gasteiger partial charge in [0.1, 0.15) is 5.75 Å². The molecular formula is C31H45ClN4O3. The van der Waals surface area contributed by atoms with Gasteiger partial charge in [0, 0.05) is 64.6 Å². The van der Waals surface area contributed by atoms with Crippen LogP contribution < -0.4 is 15.0 Å². The fourth-order valence-electron chi connectivity index (χ4n) is 5.42. The van der Waals surface area contributed by atoms with Crippen LogP contribution in [0.5, 0.6) is 5.75 Å². The number of piperidine rings is 1. The Kier molecular flexibility index (Phi) is 10.7. The summed E-state index contributed by atoms with van der Waals surface area (Å²) in [5.74, 6) is 1.33.